The smallest absolute Gasteiger partial charge is 0.250 e. The van der Waals surface area contributed by atoms with E-state index >= 15 is 0 Å². The summed E-state index contributed by atoms with van der Waals surface area (Å²) in [7, 11) is 0. The summed E-state index contributed by atoms with van der Waals surface area (Å²) in [4.78, 5) is 25.0. The van der Waals surface area contributed by atoms with Crippen molar-refractivity contribution >= 4 is 46.3 Å². The molecule has 5 N–H and O–H groups in total. The predicted octanol–water partition coefficient (Wildman–Crippen LogP) is 2.83. The number of nitrogens with one attached hydrogen (secondary N) is 2. The van der Waals surface area contributed by atoms with Gasteiger partial charge in [-0.3, -0.25) is 9.69 Å². The molecule has 33 heavy (non-hydrogen) atoms. The number of amides is 1. The minimum Gasteiger partial charge on any atom is -0.395 e. The lowest BCUT2D eigenvalue weighted by atomic mass is 10.1. The number of carbonyl (C=O) groups excluding carboxylic acids is 1. The van der Waals surface area contributed by atoms with Gasteiger partial charge in [-0.2, -0.15) is 4.98 Å². The predicted molar refractivity (Wildman–Crippen MR) is 131 cm³/mol. The fourth-order valence-electron chi connectivity index (χ4n) is 3.73. The maximum Gasteiger partial charge on any atom is 0.250 e. The molecule has 0 unspecified atom stereocenters. The number of carbonyl (C=O) groups is 1. The van der Waals surface area contributed by atoms with E-state index in [-0.39, 0.29) is 6.61 Å². The Balaban J connectivity index is 1.48. The molecule has 4 rings (SSSR count). The molecule has 1 amide bonds. The second-order valence-corrected chi connectivity index (χ2v) is 8.06. The SMILES string of the molecule is NC(=O)c1ccccc1Nc1nc(Nc2cccc(N3CCN(CCO)CC3)c2)ncc1Cl. The van der Waals surface area contributed by atoms with Gasteiger partial charge in [0.25, 0.3) is 5.91 Å². The second kappa shape index (κ2) is 10.5. The van der Waals surface area contributed by atoms with Gasteiger partial charge in [0.05, 0.1) is 24.1 Å². The number of nitrogens with two attached hydrogens (primary N) is 1. The minimum absolute atomic E-state index is 0.186. The Morgan fingerprint density at radius 3 is 2.64 bits per heavy atom. The van der Waals surface area contributed by atoms with E-state index in [1.165, 1.54) is 6.20 Å². The van der Waals surface area contributed by atoms with E-state index in [0.717, 1.165) is 37.6 Å². The molecule has 172 valence electrons. The standard InChI is InChI=1S/C23H26ClN7O2/c24-19-15-26-23(29-22(19)28-20-7-2-1-6-18(20)21(25)33)27-16-4-3-5-17(14-16)31-10-8-30(9-11-31)12-13-32/h1-7,14-15,32H,8-13H2,(H2,25,33)(H2,26,27,28,29). The van der Waals surface area contributed by atoms with Crippen LogP contribution in [0.1, 0.15) is 10.4 Å². The average molecular weight is 468 g/mol. The lowest BCUT2D eigenvalue weighted by molar-refractivity contribution is 0.100. The first kappa shape index (κ1) is 22.8. The Bertz CT molecular complexity index is 1120. The van der Waals surface area contributed by atoms with Crippen molar-refractivity contribution in [1.29, 1.82) is 0 Å². The Labute approximate surface area is 197 Å². The monoisotopic (exact) mass is 467 g/mol. The van der Waals surface area contributed by atoms with Crippen LogP contribution in [-0.2, 0) is 0 Å². The second-order valence-electron chi connectivity index (χ2n) is 7.65. The number of benzene rings is 2. The molecule has 1 aromatic heterocycles. The van der Waals surface area contributed by atoms with Gasteiger partial charge in [-0.05, 0) is 30.3 Å². The number of hydrogen-bond acceptors (Lipinski definition) is 8. The first-order chi connectivity index (χ1) is 16.0. The highest BCUT2D eigenvalue weighted by molar-refractivity contribution is 6.33. The van der Waals surface area contributed by atoms with Gasteiger partial charge in [0.1, 0.15) is 5.02 Å². The highest BCUT2D eigenvalue weighted by Crippen LogP contribution is 2.28. The van der Waals surface area contributed by atoms with E-state index in [2.05, 4.69) is 42.5 Å². The molecule has 1 aliphatic rings. The Morgan fingerprint density at radius 2 is 1.88 bits per heavy atom. The van der Waals surface area contributed by atoms with Crippen LogP contribution in [0.25, 0.3) is 0 Å². The molecule has 3 aromatic rings. The number of piperazine rings is 1. The molecule has 0 radical (unpaired) electrons. The number of aromatic nitrogens is 2. The molecule has 1 aliphatic heterocycles. The molecular formula is C23H26ClN7O2. The van der Waals surface area contributed by atoms with E-state index in [4.69, 9.17) is 22.4 Å². The topological polar surface area (TPSA) is 120 Å². The number of primary amides is 1. The summed E-state index contributed by atoms with van der Waals surface area (Å²) in [6, 6.07) is 14.9. The fraction of sp³-hybridized carbons (Fsp3) is 0.261. The number of para-hydroxylation sites is 1. The van der Waals surface area contributed by atoms with Crippen LogP contribution in [-0.4, -0.2) is 65.2 Å². The molecule has 0 atom stereocenters. The van der Waals surface area contributed by atoms with Gasteiger partial charge in [0.15, 0.2) is 5.82 Å². The lowest BCUT2D eigenvalue weighted by Crippen LogP contribution is -2.47. The molecule has 9 nitrogen and oxygen atoms in total. The summed E-state index contributed by atoms with van der Waals surface area (Å²) in [6.45, 7) is 4.53. The third-order valence-corrected chi connectivity index (χ3v) is 5.72. The number of anilines is 5. The molecule has 2 aromatic carbocycles. The molecule has 10 heteroatoms. The zero-order valence-corrected chi connectivity index (χ0v) is 18.8. The normalized spacial score (nSPS) is 14.2. The van der Waals surface area contributed by atoms with Crippen molar-refractivity contribution in [3.8, 4) is 0 Å². The Kier molecular flexibility index (Phi) is 7.23. The van der Waals surface area contributed by atoms with Crippen molar-refractivity contribution in [2.75, 3.05) is 54.9 Å². The van der Waals surface area contributed by atoms with Crippen LogP contribution in [0.3, 0.4) is 0 Å². The van der Waals surface area contributed by atoms with Gasteiger partial charge in [-0.1, -0.05) is 29.8 Å². The first-order valence-electron chi connectivity index (χ1n) is 10.7. The zero-order chi connectivity index (χ0) is 23.2. The molecule has 0 saturated carbocycles. The summed E-state index contributed by atoms with van der Waals surface area (Å²) in [5.74, 6) is 0.179. The summed E-state index contributed by atoms with van der Waals surface area (Å²) < 4.78 is 0. The highest BCUT2D eigenvalue weighted by atomic mass is 35.5. The number of halogens is 1. The third kappa shape index (κ3) is 5.70. The van der Waals surface area contributed by atoms with Crippen molar-refractivity contribution in [3.63, 3.8) is 0 Å². The van der Waals surface area contributed by atoms with Crippen molar-refractivity contribution < 1.29 is 9.90 Å². The summed E-state index contributed by atoms with van der Waals surface area (Å²) in [6.07, 6.45) is 1.50. The number of hydrogen-bond donors (Lipinski definition) is 4. The molecule has 1 saturated heterocycles. The van der Waals surface area contributed by atoms with Gasteiger partial charge in [0, 0.05) is 44.1 Å². The van der Waals surface area contributed by atoms with Gasteiger partial charge in [-0.25, -0.2) is 4.98 Å². The number of β-amino-alcohol motifs (C(OH)–C–C–N with tert-alkyl or cyclic N) is 1. The van der Waals surface area contributed by atoms with Crippen LogP contribution in [0.4, 0.5) is 28.8 Å². The minimum atomic E-state index is -0.546. The Morgan fingerprint density at radius 1 is 1.09 bits per heavy atom. The Hall–Kier alpha value is -3.40. The van der Waals surface area contributed by atoms with Crippen molar-refractivity contribution in [2.45, 2.75) is 0 Å². The highest BCUT2D eigenvalue weighted by Gasteiger charge is 2.17. The largest absolute Gasteiger partial charge is 0.395 e. The maximum absolute atomic E-state index is 11.7. The number of aliphatic hydroxyl groups excluding tert-OH is 1. The number of rotatable bonds is 8. The zero-order valence-electron chi connectivity index (χ0n) is 18.0. The number of aliphatic hydroxyl groups is 1. The van der Waals surface area contributed by atoms with Crippen LogP contribution < -0.4 is 21.3 Å². The van der Waals surface area contributed by atoms with Gasteiger partial charge in [0.2, 0.25) is 5.95 Å². The van der Waals surface area contributed by atoms with Crippen LogP contribution in [0.5, 0.6) is 0 Å². The van der Waals surface area contributed by atoms with Gasteiger partial charge >= 0.3 is 0 Å². The fourth-order valence-corrected chi connectivity index (χ4v) is 3.87. The molecule has 1 fully saturated rings. The molecule has 0 bridgehead atoms. The summed E-state index contributed by atoms with van der Waals surface area (Å²) in [5.41, 5.74) is 8.26. The third-order valence-electron chi connectivity index (χ3n) is 5.45. The van der Waals surface area contributed by atoms with E-state index in [9.17, 15) is 4.79 Å². The van der Waals surface area contributed by atoms with Crippen LogP contribution >= 0.6 is 11.6 Å². The van der Waals surface area contributed by atoms with E-state index < -0.39 is 5.91 Å². The first-order valence-corrected chi connectivity index (χ1v) is 11.0. The molecule has 0 spiro atoms. The quantitative estimate of drug-likeness (QED) is 0.399. The van der Waals surface area contributed by atoms with E-state index in [1.54, 1.807) is 24.3 Å². The maximum atomic E-state index is 11.7. The lowest BCUT2D eigenvalue weighted by Gasteiger charge is -2.35. The van der Waals surface area contributed by atoms with Crippen molar-refractivity contribution in [2.24, 2.45) is 5.73 Å². The average Bonchev–Trinajstić information content (AvgIpc) is 2.82. The van der Waals surface area contributed by atoms with Gasteiger partial charge < -0.3 is 26.4 Å². The molecule has 0 aliphatic carbocycles. The summed E-state index contributed by atoms with van der Waals surface area (Å²) >= 11 is 6.28. The van der Waals surface area contributed by atoms with Crippen molar-refractivity contribution in [3.05, 3.63) is 65.3 Å². The van der Waals surface area contributed by atoms with Crippen LogP contribution in [0, 0.1) is 0 Å². The van der Waals surface area contributed by atoms with Gasteiger partial charge in [-0.15, -0.1) is 0 Å². The molecular weight excluding hydrogens is 442 g/mol. The van der Waals surface area contributed by atoms with Crippen LogP contribution in [0.15, 0.2) is 54.7 Å². The molecule has 2 heterocycles. The van der Waals surface area contributed by atoms with E-state index in [1.807, 2.05) is 12.1 Å². The summed E-state index contributed by atoms with van der Waals surface area (Å²) in [5, 5.41) is 15.7. The number of nitrogens with zero attached hydrogens (tertiary/aromatic N) is 4. The van der Waals surface area contributed by atoms with Crippen molar-refractivity contribution in [1.82, 2.24) is 14.9 Å². The van der Waals surface area contributed by atoms with Crippen LogP contribution in [0.2, 0.25) is 5.02 Å². The van der Waals surface area contributed by atoms with E-state index in [0.29, 0.717) is 34.6 Å².